The number of carbonyl (C=O) groups excluding carboxylic acids is 1. The Morgan fingerprint density at radius 2 is 2.08 bits per heavy atom. The molecule has 3 rings (SSSR count). The summed E-state index contributed by atoms with van der Waals surface area (Å²) < 4.78 is 0.882. The van der Waals surface area contributed by atoms with Crippen molar-refractivity contribution in [3.63, 3.8) is 0 Å². The second kappa shape index (κ2) is 8.41. The number of thioether (sulfide) groups is 1. The van der Waals surface area contributed by atoms with E-state index in [4.69, 9.17) is 23.2 Å². The van der Waals surface area contributed by atoms with Crippen LogP contribution in [0.4, 0.5) is 5.13 Å². The highest BCUT2D eigenvalue weighted by Crippen LogP contribution is 2.41. The maximum absolute atomic E-state index is 12.8. The minimum Gasteiger partial charge on any atom is -0.301 e. The van der Waals surface area contributed by atoms with Gasteiger partial charge in [-0.15, -0.1) is 11.8 Å². The Morgan fingerprint density at radius 1 is 1.33 bits per heavy atom. The van der Waals surface area contributed by atoms with E-state index in [0.717, 1.165) is 22.2 Å². The Kier molecular flexibility index (Phi) is 6.49. The number of rotatable bonds is 5. The summed E-state index contributed by atoms with van der Waals surface area (Å²) >= 11 is 18.6. The van der Waals surface area contributed by atoms with Crippen LogP contribution in [0, 0.1) is 0 Å². The fourth-order valence-electron chi connectivity index (χ4n) is 2.67. The average molecular weight is 466 g/mol. The lowest BCUT2D eigenvalue weighted by atomic mass is 10.1. The first-order chi connectivity index (χ1) is 11.5. The van der Waals surface area contributed by atoms with Gasteiger partial charge in [-0.25, -0.2) is 4.98 Å². The molecule has 1 heterocycles. The summed E-state index contributed by atoms with van der Waals surface area (Å²) in [5, 5.41) is 4.63. The minimum atomic E-state index is -0.328. The Labute approximate surface area is 167 Å². The molecule has 2 aromatic rings. The Morgan fingerprint density at radius 3 is 2.71 bits per heavy atom. The first-order valence-corrected chi connectivity index (χ1v) is 10.9. The number of anilines is 1. The van der Waals surface area contributed by atoms with Crippen molar-refractivity contribution in [1.29, 1.82) is 0 Å². The molecule has 1 aromatic carbocycles. The highest BCUT2D eigenvalue weighted by molar-refractivity contribution is 9.11. The number of nitrogens with one attached hydrogen (secondary N) is 1. The molecule has 0 aliphatic heterocycles. The van der Waals surface area contributed by atoms with E-state index < -0.39 is 0 Å². The van der Waals surface area contributed by atoms with Crippen molar-refractivity contribution >= 4 is 73.3 Å². The monoisotopic (exact) mass is 464 g/mol. The smallest absolute Gasteiger partial charge is 0.243 e. The number of hydrogen-bond donors (Lipinski definition) is 1. The maximum Gasteiger partial charge on any atom is 0.243 e. The van der Waals surface area contributed by atoms with Crippen LogP contribution in [0.1, 0.15) is 36.5 Å². The summed E-state index contributed by atoms with van der Waals surface area (Å²) in [7, 11) is 0. The van der Waals surface area contributed by atoms with Gasteiger partial charge in [-0.1, -0.05) is 53.4 Å². The highest BCUT2D eigenvalue weighted by atomic mass is 79.9. The number of aromatic nitrogens is 1. The molecule has 3 nitrogen and oxygen atoms in total. The Hall–Kier alpha value is -0.270. The number of halogens is 3. The van der Waals surface area contributed by atoms with E-state index in [1.165, 1.54) is 24.2 Å². The molecule has 1 saturated carbocycles. The summed E-state index contributed by atoms with van der Waals surface area (Å²) in [5.41, 5.74) is 0.870. The number of carbonyl (C=O) groups is 1. The Balaban J connectivity index is 1.82. The van der Waals surface area contributed by atoms with Gasteiger partial charge in [0, 0.05) is 5.25 Å². The summed E-state index contributed by atoms with van der Waals surface area (Å²) in [4.78, 5) is 17.0. The summed E-state index contributed by atoms with van der Waals surface area (Å²) in [5.74, 6) is -0.0767. The molecule has 1 amide bonds. The molecule has 1 unspecified atom stereocenters. The molecule has 1 aliphatic rings. The topological polar surface area (TPSA) is 42.0 Å². The fraction of sp³-hybridized carbons (Fsp3) is 0.375. The largest absolute Gasteiger partial charge is 0.301 e. The minimum absolute atomic E-state index is 0.0767. The van der Waals surface area contributed by atoms with Crippen molar-refractivity contribution in [3.8, 4) is 0 Å². The first-order valence-electron chi connectivity index (χ1n) is 7.55. The molecule has 8 heteroatoms. The standard InChI is InChI=1S/C16H15BrCl2N2OS2/c17-13-8-20-16(24-13)21-15(22)14(23-10-3-1-2-4-10)9-5-6-11(18)12(19)7-9/h5-8,10,14H,1-4H2,(H,20,21,22). The summed E-state index contributed by atoms with van der Waals surface area (Å²) in [6, 6.07) is 5.40. The van der Waals surface area contributed by atoms with Gasteiger partial charge in [0.05, 0.1) is 20.0 Å². The average Bonchev–Trinajstić information content (AvgIpc) is 3.19. The molecular formula is C16H15BrCl2N2OS2. The zero-order chi connectivity index (χ0) is 17.1. The normalized spacial score (nSPS) is 16.3. The molecule has 128 valence electrons. The fourth-order valence-corrected chi connectivity index (χ4v) is 5.56. The van der Waals surface area contributed by atoms with E-state index >= 15 is 0 Å². The predicted octanol–water partition coefficient (Wildman–Crippen LogP) is 6.57. The number of amides is 1. The number of benzene rings is 1. The van der Waals surface area contributed by atoms with Gasteiger partial charge in [0.15, 0.2) is 5.13 Å². The van der Waals surface area contributed by atoms with E-state index in [-0.39, 0.29) is 11.2 Å². The molecule has 0 saturated heterocycles. The lowest BCUT2D eigenvalue weighted by molar-refractivity contribution is -0.115. The van der Waals surface area contributed by atoms with Gasteiger partial charge in [-0.05, 0) is 46.5 Å². The van der Waals surface area contributed by atoms with Crippen LogP contribution in [0.15, 0.2) is 28.2 Å². The zero-order valence-corrected chi connectivity index (χ0v) is 17.3. The van der Waals surface area contributed by atoms with Crippen molar-refractivity contribution in [1.82, 2.24) is 4.98 Å². The SMILES string of the molecule is O=C(Nc1ncc(Br)s1)C(SC1CCCC1)c1ccc(Cl)c(Cl)c1. The van der Waals surface area contributed by atoms with Gasteiger partial charge >= 0.3 is 0 Å². The molecule has 1 fully saturated rings. The molecule has 24 heavy (non-hydrogen) atoms. The van der Waals surface area contributed by atoms with Crippen LogP contribution >= 0.6 is 62.2 Å². The van der Waals surface area contributed by atoms with Gasteiger partial charge < -0.3 is 5.32 Å². The second-order valence-electron chi connectivity index (χ2n) is 5.55. The summed E-state index contributed by atoms with van der Waals surface area (Å²) in [6.45, 7) is 0. The lowest BCUT2D eigenvalue weighted by Gasteiger charge is -2.20. The van der Waals surface area contributed by atoms with Gasteiger partial charge in [0.1, 0.15) is 5.25 Å². The van der Waals surface area contributed by atoms with Gasteiger partial charge in [-0.2, -0.15) is 0 Å². The van der Waals surface area contributed by atoms with Crippen LogP contribution in [0.2, 0.25) is 10.0 Å². The van der Waals surface area contributed by atoms with Crippen LogP contribution in [0.25, 0.3) is 0 Å². The summed E-state index contributed by atoms with van der Waals surface area (Å²) in [6.07, 6.45) is 6.44. The van der Waals surface area contributed by atoms with E-state index in [9.17, 15) is 4.79 Å². The number of thiazole rings is 1. The third-order valence-electron chi connectivity index (χ3n) is 3.82. The lowest BCUT2D eigenvalue weighted by Crippen LogP contribution is -2.20. The molecular weight excluding hydrogens is 451 g/mol. The number of nitrogens with zero attached hydrogens (tertiary/aromatic N) is 1. The molecule has 0 spiro atoms. The van der Waals surface area contributed by atoms with Gasteiger partial charge in [-0.3, -0.25) is 4.79 Å². The third-order valence-corrected chi connectivity index (χ3v) is 7.57. The second-order valence-corrected chi connectivity index (χ2v) is 10.2. The van der Waals surface area contributed by atoms with Crippen molar-refractivity contribution in [2.45, 2.75) is 36.2 Å². The molecule has 1 atom stereocenters. The highest BCUT2D eigenvalue weighted by Gasteiger charge is 2.28. The van der Waals surface area contributed by atoms with Crippen LogP contribution in [0.3, 0.4) is 0 Å². The van der Waals surface area contributed by atoms with Crippen molar-refractivity contribution in [2.75, 3.05) is 5.32 Å². The molecule has 1 N–H and O–H groups in total. The quantitative estimate of drug-likeness (QED) is 0.542. The molecule has 0 radical (unpaired) electrons. The van der Waals surface area contributed by atoms with Crippen molar-refractivity contribution in [3.05, 3.63) is 43.8 Å². The van der Waals surface area contributed by atoms with E-state index in [1.807, 2.05) is 6.07 Å². The van der Waals surface area contributed by atoms with Crippen LogP contribution in [-0.4, -0.2) is 16.1 Å². The molecule has 0 bridgehead atoms. The van der Waals surface area contributed by atoms with Crippen LogP contribution < -0.4 is 5.32 Å². The van der Waals surface area contributed by atoms with Gasteiger partial charge in [0.25, 0.3) is 0 Å². The van der Waals surface area contributed by atoms with Crippen LogP contribution in [-0.2, 0) is 4.79 Å². The van der Waals surface area contributed by atoms with E-state index in [1.54, 1.807) is 30.1 Å². The molecule has 1 aromatic heterocycles. The van der Waals surface area contributed by atoms with Crippen molar-refractivity contribution < 1.29 is 4.79 Å². The Bertz CT molecular complexity index is 735. The van der Waals surface area contributed by atoms with Crippen molar-refractivity contribution in [2.24, 2.45) is 0 Å². The van der Waals surface area contributed by atoms with E-state index in [0.29, 0.717) is 20.4 Å². The van der Waals surface area contributed by atoms with Crippen LogP contribution in [0.5, 0.6) is 0 Å². The molecule has 1 aliphatic carbocycles. The zero-order valence-electron chi connectivity index (χ0n) is 12.6. The maximum atomic E-state index is 12.8. The number of hydrogen-bond acceptors (Lipinski definition) is 4. The predicted molar refractivity (Wildman–Crippen MR) is 107 cm³/mol. The third kappa shape index (κ3) is 4.67. The van der Waals surface area contributed by atoms with Gasteiger partial charge in [0.2, 0.25) is 5.91 Å². The first kappa shape index (κ1) is 18.5. The van der Waals surface area contributed by atoms with E-state index in [2.05, 4.69) is 26.2 Å².